The van der Waals surface area contributed by atoms with Gasteiger partial charge in [-0.1, -0.05) is 48.0 Å². The van der Waals surface area contributed by atoms with Gasteiger partial charge in [0, 0.05) is 5.56 Å². The Labute approximate surface area is 156 Å². The second-order valence-electron chi connectivity index (χ2n) is 5.71. The Morgan fingerprint density at radius 2 is 1.63 bits per heavy atom. The summed E-state index contributed by atoms with van der Waals surface area (Å²) in [5.41, 5.74) is 1.18. The highest BCUT2D eigenvalue weighted by atomic mass is 32.2. The summed E-state index contributed by atoms with van der Waals surface area (Å²) in [7, 11) is -4.05. The Balaban J connectivity index is 2.47. The Morgan fingerprint density at radius 3 is 2.15 bits per heavy atom. The molecular formula is C18H18N2O6S. The minimum Gasteiger partial charge on any atom is -0.481 e. The van der Waals surface area contributed by atoms with Gasteiger partial charge in [0.25, 0.3) is 10.0 Å². The minimum absolute atomic E-state index is 0.0261. The van der Waals surface area contributed by atoms with Crippen LogP contribution in [0.2, 0.25) is 0 Å². The number of nitrogens with one attached hydrogen (secondary N) is 1. The average Bonchev–Trinajstić information content (AvgIpc) is 2.61. The number of carbonyl (C=O) groups is 2. The molecule has 0 amide bonds. The van der Waals surface area contributed by atoms with E-state index in [1.54, 1.807) is 30.3 Å². The molecule has 2 rings (SSSR count). The molecule has 0 radical (unpaired) electrons. The minimum atomic E-state index is -4.05. The highest BCUT2D eigenvalue weighted by Crippen LogP contribution is 2.12. The molecule has 0 spiro atoms. The zero-order valence-electron chi connectivity index (χ0n) is 14.4. The molecule has 0 fully saturated rings. The third kappa shape index (κ3) is 5.65. The predicted octanol–water partition coefficient (Wildman–Crippen LogP) is 1.65. The van der Waals surface area contributed by atoms with Gasteiger partial charge in [-0.3, -0.25) is 14.5 Å². The number of carboxylic acids is 2. The quantitative estimate of drug-likeness (QED) is 0.486. The number of aliphatic carboxylic acids is 2. The maximum Gasteiger partial charge on any atom is 0.329 e. The Morgan fingerprint density at radius 1 is 1.04 bits per heavy atom. The van der Waals surface area contributed by atoms with Gasteiger partial charge in [-0.2, -0.15) is 0 Å². The van der Waals surface area contributed by atoms with Crippen molar-refractivity contribution in [1.82, 2.24) is 4.72 Å². The van der Waals surface area contributed by atoms with Crippen LogP contribution in [-0.2, 0) is 19.6 Å². The van der Waals surface area contributed by atoms with Crippen LogP contribution in [0.5, 0.6) is 0 Å². The topological polar surface area (TPSA) is 133 Å². The van der Waals surface area contributed by atoms with Crippen LogP contribution in [0.1, 0.15) is 17.5 Å². The molecule has 2 aromatic rings. The van der Waals surface area contributed by atoms with Gasteiger partial charge >= 0.3 is 11.9 Å². The smallest absolute Gasteiger partial charge is 0.329 e. The number of aliphatic imine (C=N–C) groups is 1. The van der Waals surface area contributed by atoms with Crippen molar-refractivity contribution >= 4 is 27.8 Å². The molecule has 0 unspecified atom stereocenters. The highest BCUT2D eigenvalue weighted by Gasteiger charge is 2.24. The summed E-state index contributed by atoms with van der Waals surface area (Å²) in [6.45, 7) is 1.81. The van der Waals surface area contributed by atoms with E-state index in [9.17, 15) is 23.1 Å². The number of nitrogens with zero attached hydrogens (tertiary/aromatic N) is 1. The van der Waals surface area contributed by atoms with Crippen LogP contribution < -0.4 is 4.72 Å². The number of hydrogen-bond donors (Lipinski definition) is 3. The summed E-state index contributed by atoms with van der Waals surface area (Å²) < 4.78 is 27.6. The highest BCUT2D eigenvalue weighted by molar-refractivity contribution is 7.90. The molecule has 0 aliphatic heterocycles. The van der Waals surface area contributed by atoms with E-state index >= 15 is 0 Å². The van der Waals surface area contributed by atoms with Gasteiger partial charge in [0.1, 0.15) is 5.84 Å². The van der Waals surface area contributed by atoms with Crippen molar-refractivity contribution in [2.75, 3.05) is 0 Å². The largest absolute Gasteiger partial charge is 0.481 e. The van der Waals surface area contributed by atoms with Crippen LogP contribution in [0.15, 0.2) is 64.5 Å². The first kappa shape index (κ1) is 20.1. The number of sulfonamides is 1. The van der Waals surface area contributed by atoms with Crippen molar-refractivity contribution in [2.24, 2.45) is 4.99 Å². The van der Waals surface area contributed by atoms with E-state index in [2.05, 4.69) is 9.71 Å². The third-order valence-electron chi connectivity index (χ3n) is 3.55. The van der Waals surface area contributed by atoms with Crippen molar-refractivity contribution in [3.63, 3.8) is 0 Å². The lowest BCUT2D eigenvalue weighted by Gasteiger charge is -2.14. The predicted molar refractivity (Wildman–Crippen MR) is 98.2 cm³/mol. The molecule has 0 aliphatic carbocycles. The average molecular weight is 390 g/mol. The first-order chi connectivity index (χ1) is 12.7. The van der Waals surface area contributed by atoms with Gasteiger partial charge in [0.15, 0.2) is 6.04 Å². The summed E-state index contributed by atoms with van der Waals surface area (Å²) in [6.07, 6.45) is -0.780. The number of amidine groups is 1. The van der Waals surface area contributed by atoms with Crippen LogP contribution >= 0.6 is 0 Å². The molecule has 0 bridgehead atoms. The molecule has 3 N–H and O–H groups in total. The standard InChI is InChI=1S/C18H18N2O6S/c1-12-7-9-14(10-8-12)27(25,26)20-17(13-5-3-2-4-6-13)19-15(18(23)24)11-16(21)22/h2-10,15H,11H2,1H3,(H,19,20)(H,21,22)(H,23,24)/t15-/m1/s1. The SMILES string of the molecule is Cc1ccc(S(=O)(=O)NC(=N[C@H](CC(=O)O)C(=O)O)c2ccccc2)cc1. The third-order valence-corrected chi connectivity index (χ3v) is 4.90. The van der Waals surface area contributed by atoms with Crippen LogP contribution in [0.4, 0.5) is 0 Å². The lowest BCUT2D eigenvalue weighted by Crippen LogP contribution is -2.34. The van der Waals surface area contributed by atoms with Crippen LogP contribution in [0.3, 0.4) is 0 Å². The Bertz CT molecular complexity index is 953. The maximum atomic E-state index is 12.6. The van der Waals surface area contributed by atoms with Gasteiger partial charge in [-0.05, 0) is 19.1 Å². The normalized spacial score (nSPS) is 13.0. The molecule has 142 valence electrons. The van der Waals surface area contributed by atoms with Gasteiger partial charge < -0.3 is 10.2 Å². The Hall–Kier alpha value is -3.20. The van der Waals surface area contributed by atoms with E-state index in [1.807, 2.05) is 6.92 Å². The molecule has 0 aromatic heterocycles. The molecule has 0 heterocycles. The number of aryl methyl sites for hydroxylation is 1. The molecular weight excluding hydrogens is 372 g/mol. The van der Waals surface area contributed by atoms with Crippen LogP contribution in [0, 0.1) is 6.92 Å². The molecule has 27 heavy (non-hydrogen) atoms. The van der Waals surface area contributed by atoms with E-state index < -0.39 is 34.4 Å². The first-order valence-corrected chi connectivity index (χ1v) is 9.34. The fourth-order valence-electron chi connectivity index (χ4n) is 2.17. The molecule has 0 saturated heterocycles. The van der Waals surface area contributed by atoms with Crippen molar-refractivity contribution in [3.05, 3.63) is 65.7 Å². The Kier molecular flexibility index (Phi) is 6.30. The van der Waals surface area contributed by atoms with Gasteiger partial charge in [0.2, 0.25) is 0 Å². The lowest BCUT2D eigenvalue weighted by molar-refractivity contribution is -0.144. The molecule has 0 aliphatic rings. The number of benzene rings is 2. The van der Waals surface area contributed by atoms with Gasteiger partial charge in [-0.15, -0.1) is 0 Å². The second kappa shape index (κ2) is 8.45. The van der Waals surface area contributed by atoms with Crippen molar-refractivity contribution in [1.29, 1.82) is 0 Å². The lowest BCUT2D eigenvalue weighted by atomic mass is 10.2. The monoisotopic (exact) mass is 390 g/mol. The molecule has 8 nitrogen and oxygen atoms in total. The van der Waals surface area contributed by atoms with E-state index in [-0.39, 0.29) is 10.7 Å². The van der Waals surface area contributed by atoms with E-state index in [0.717, 1.165) is 5.56 Å². The van der Waals surface area contributed by atoms with E-state index in [1.165, 1.54) is 24.3 Å². The number of carboxylic acid groups (broad SMARTS) is 2. The first-order valence-electron chi connectivity index (χ1n) is 7.86. The molecule has 0 saturated carbocycles. The summed E-state index contributed by atoms with van der Waals surface area (Å²) in [4.78, 5) is 26.1. The fraction of sp³-hybridized carbons (Fsp3) is 0.167. The number of hydrogen-bond acceptors (Lipinski definition) is 5. The van der Waals surface area contributed by atoms with Crippen molar-refractivity contribution in [3.8, 4) is 0 Å². The van der Waals surface area contributed by atoms with Crippen LogP contribution in [0.25, 0.3) is 0 Å². The zero-order valence-corrected chi connectivity index (χ0v) is 15.2. The maximum absolute atomic E-state index is 12.6. The molecule has 9 heteroatoms. The van der Waals surface area contributed by atoms with E-state index in [0.29, 0.717) is 5.56 Å². The number of rotatable bonds is 7. The van der Waals surface area contributed by atoms with Crippen LogP contribution in [-0.4, -0.2) is 42.4 Å². The summed E-state index contributed by atoms with van der Waals surface area (Å²) >= 11 is 0. The van der Waals surface area contributed by atoms with Crippen molar-refractivity contribution in [2.45, 2.75) is 24.3 Å². The fourth-order valence-corrected chi connectivity index (χ4v) is 3.21. The summed E-state index contributed by atoms with van der Waals surface area (Å²) in [6, 6.07) is 12.4. The zero-order chi connectivity index (χ0) is 20.0. The molecule has 2 aromatic carbocycles. The summed E-state index contributed by atoms with van der Waals surface area (Å²) in [5, 5.41) is 18.1. The van der Waals surface area contributed by atoms with Crippen molar-refractivity contribution < 1.29 is 28.2 Å². The van der Waals surface area contributed by atoms with Gasteiger partial charge in [0.05, 0.1) is 11.3 Å². The van der Waals surface area contributed by atoms with Gasteiger partial charge in [-0.25, -0.2) is 13.2 Å². The summed E-state index contributed by atoms with van der Waals surface area (Å²) in [5.74, 6) is -3.08. The molecule has 1 atom stereocenters. The second-order valence-corrected chi connectivity index (χ2v) is 7.40. The van der Waals surface area contributed by atoms with E-state index in [4.69, 9.17) is 5.11 Å².